The van der Waals surface area contributed by atoms with E-state index in [0.29, 0.717) is 0 Å². The second-order valence-electron chi connectivity index (χ2n) is 7.30. The van der Waals surface area contributed by atoms with Crippen LogP contribution in [0.15, 0.2) is 65.9 Å². The van der Waals surface area contributed by atoms with Crippen molar-refractivity contribution in [2.24, 2.45) is 12.0 Å². The van der Waals surface area contributed by atoms with Crippen molar-refractivity contribution in [3.05, 3.63) is 77.9 Å². The lowest BCUT2D eigenvalue weighted by Gasteiger charge is -2.20. The summed E-state index contributed by atoms with van der Waals surface area (Å²) in [6, 6.07) is 18.2. The van der Waals surface area contributed by atoms with Gasteiger partial charge in [0.15, 0.2) is 0 Å². The monoisotopic (exact) mass is 363 g/mol. The first-order chi connectivity index (χ1) is 12.3. The molecule has 3 aromatic rings. The Morgan fingerprint density at radius 2 is 1.65 bits per heavy atom. The molecule has 0 saturated carbocycles. The van der Waals surface area contributed by atoms with E-state index in [1.807, 2.05) is 67.3 Å². The minimum absolute atomic E-state index is 0.833. The molecule has 0 saturated heterocycles. The molecule has 0 radical (unpaired) electrons. The lowest BCUT2D eigenvalue weighted by molar-refractivity contribution is 0.559. The molecule has 4 nitrogen and oxygen atoms in total. The second-order valence-corrected chi connectivity index (χ2v) is 11.7. The maximum Gasteiger partial charge on any atom is 0.242 e. The normalized spacial score (nSPS) is 12.3. The number of imidazole rings is 1. The first-order valence-electron chi connectivity index (χ1n) is 8.75. The summed E-state index contributed by atoms with van der Waals surface area (Å²) in [7, 11) is 0.264. The van der Waals surface area contributed by atoms with Gasteiger partial charge in [-0.3, -0.25) is 0 Å². The minimum Gasteiger partial charge on any atom is -0.543 e. The Labute approximate surface area is 156 Å². The third-order valence-electron chi connectivity index (χ3n) is 3.91. The van der Waals surface area contributed by atoms with Gasteiger partial charge in [-0.2, -0.15) is 0 Å². The van der Waals surface area contributed by atoms with E-state index in [1.54, 1.807) is 0 Å². The molecule has 3 rings (SSSR count). The first kappa shape index (κ1) is 18.1. The summed E-state index contributed by atoms with van der Waals surface area (Å²) >= 11 is 0. The Hall–Kier alpha value is -2.66. The SMILES string of the molecule is Cc1ncn(C)c1C(=Nc1ccccc1O[Si](C)(C)C)c1ccccc1. The van der Waals surface area contributed by atoms with Crippen molar-refractivity contribution in [1.29, 1.82) is 0 Å². The Morgan fingerprint density at radius 1 is 1.00 bits per heavy atom. The van der Waals surface area contributed by atoms with E-state index < -0.39 is 8.32 Å². The van der Waals surface area contributed by atoms with E-state index in [2.05, 4.69) is 36.8 Å². The van der Waals surface area contributed by atoms with Gasteiger partial charge in [0.25, 0.3) is 0 Å². The third kappa shape index (κ3) is 4.11. The van der Waals surface area contributed by atoms with E-state index in [4.69, 9.17) is 9.42 Å². The summed E-state index contributed by atoms with van der Waals surface area (Å²) in [5.41, 5.74) is 4.77. The van der Waals surface area contributed by atoms with E-state index in [0.717, 1.165) is 34.1 Å². The van der Waals surface area contributed by atoms with Gasteiger partial charge in [0.2, 0.25) is 8.32 Å². The van der Waals surface area contributed by atoms with Gasteiger partial charge in [-0.05, 0) is 38.7 Å². The molecule has 0 aliphatic heterocycles. The summed E-state index contributed by atoms with van der Waals surface area (Å²) in [4.78, 5) is 9.47. The van der Waals surface area contributed by atoms with E-state index >= 15 is 0 Å². The van der Waals surface area contributed by atoms with Gasteiger partial charge in [0.1, 0.15) is 11.4 Å². The molecule has 0 amide bonds. The molecule has 5 heteroatoms. The molecule has 0 atom stereocenters. The molecule has 0 fully saturated rings. The highest BCUT2D eigenvalue weighted by Crippen LogP contribution is 2.31. The molecule has 1 aromatic heterocycles. The molecule has 0 aliphatic rings. The number of hydrogen-bond acceptors (Lipinski definition) is 3. The van der Waals surface area contributed by atoms with Crippen molar-refractivity contribution < 1.29 is 4.43 Å². The number of nitrogens with zero attached hydrogens (tertiary/aromatic N) is 3. The fraction of sp³-hybridized carbons (Fsp3) is 0.238. The minimum atomic E-state index is -1.73. The summed E-state index contributed by atoms with van der Waals surface area (Å²) in [6.45, 7) is 8.54. The van der Waals surface area contributed by atoms with Crippen LogP contribution in [0.2, 0.25) is 19.6 Å². The number of benzene rings is 2. The predicted molar refractivity (Wildman–Crippen MR) is 110 cm³/mol. The average Bonchev–Trinajstić information content (AvgIpc) is 2.92. The molecule has 0 N–H and O–H groups in total. The van der Waals surface area contributed by atoms with Crippen LogP contribution < -0.4 is 4.43 Å². The molecule has 1 heterocycles. The number of aryl methyl sites for hydroxylation is 2. The van der Waals surface area contributed by atoms with Crippen LogP contribution in [0.25, 0.3) is 0 Å². The highest BCUT2D eigenvalue weighted by molar-refractivity contribution is 6.70. The van der Waals surface area contributed by atoms with Gasteiger partial charge in [-0.1, -0.05) is 42.5 Å². The second kappa shape index (κ2) is 7.29. The number of rotatable bonds is 5. The molecular weight excluding hydrogens is 338 g/mol. The quantitative estimate of drug-likeness (QED) is 0.467. The number of hydrogen-bond donors (Lipinski definition) is 0. The molecular formula is C21H25N3OSi. The van der Waals surface area contributed by atoms with E-state index in [-0.39, 0.29) is 0 Å². The molecule has 0 bridgehead atoms. The maximum atomic E-state index is 6.26. The lowest BCUT2D eigenvalue weighted by Crippen LogP contribution is -2.29. The highest BCUT2D eigenvalue weighted by Gasteiger charge is 2.19. The number of aliphatic imine (C=N–C) groups is 1. The van der Waals surface area contributed by atoms with Crippen LogP contribution in [0.3, 0.4) is 0 Å². The van der Waals surface area contributed by atoms with Crippen LogP contribution in [-0.4, -0.2) is 23.6 Å². The molecule has 0 unspecified atom stereocenters. The zero-order chi connectivity index (χ0) is 18.7. The van der Waals surface area contributed by atoms with Gasteiger partial charge in [-0.25, -0.2) is 9.98 Å². The van der Waals surface area contributed by atoms with Crippen molar-refractivity contribution in [2.75, 3.05) is 0 Å². The summed E-state index contributed by atoms with van der Waals surface area (Å²) in [6.07, 6.45) is 1.83. The Bertz CT molecular complexity index is 904. The summed E-state index contributed by atoms with van der Waals surface area (Å²) in [5, 5.41) is 0. The molecule has 0 aliphatic carbocycles. The predicted octanol–water partition coefficient (Wildman–Crippen LogP) is 5.11. The summed E-state index contributed by atoms with van der Waals surface area (Å²) < 4.78 is 8.27. The van der Waals surface area contributed by atoms with Crippen LogP contribution in [0.5, 0.6) is 5.75 Å². The summed E-state index contributed by atoms with van der Waals surface area (Å²) in [5.74, 6) is 0.833. The Morgan fingerprint density at radius 3 is 2.27 bits per heavy atom. The van der Waals surface area contributed by atoms with Gasteiger partial charge in [-0.15, -0.1) is 0 Å². The molecule has 2 aromatic carbocycles. The van der Waals surface area contributed by atoms with Crippen molar-refractivity contribution in [1.82, 2.24) is 9.55 Å². The topological polar surface area (TPSA) is 39.4 Å². The molecule has 134 valence electrons. The van der Waals surface area contributed by atoms with Crippen molar-refractivity contribution in [3.8, 4) is 5.75 Å². The number of aromatic nitrogens is 2. The third-order valence-corrected chi connectivity index (χ3v) is 4.74. The van der Waals surface area contributed by atoms with Crippen LogP contribution in [0.4, 0.5) is 5.69 Å². The largest absolute Gasteiger partial charge is 0.543 e. The fourth-order valence-corrected chi connectivity index (χ4v) is 3.65. The zero-order valence-electron chi connectivity index (χ0n) is 16.0. The molecule has 26 heavy (non-hydrogen) atoms. The van der Waals surface area contributed by atoms with Gasteiger partial charge in [0.05, 0.1) is 23.4 Å². The van der Waals surface area contributed by atoms with Gasteiger partial charge in [0, 0.05) is 12.6 Å². The average molecular weight is 364 g/mol. The standard InChI is InChI=1S/C21H25N3OSi/c1-16-21(24(2)15-22-16)20(17-11-7-6-8-12-17)23-18-13-9-10-14-19(18)25-26(3,4)5/h6-15H,1-5H3. The number of para-hydroxylation sites is 2. The van der Waals surface area contributed by atoms with Crippen LogP contribution >= 0.6 is 0 Å². The van der Waals surface area contributed by atoms with Crippen molar-refractivity contribution >= 4 is 19.7 Å². The highest BCUT2D eigenvalue weighted by atomic mass is 28.4. The van der Waals surface area contributed by atoms with Gasteiger partial charge < -0.3 is 8.99 Å². The Kier molecular flexibility index (Phi) is 5.09. The molecule has 0 spiro atoms. The van der Waals surface area contributed by atoms with Crippen molar-refractivity contribution in [3.63, 3.8) is 0 Å². The lowest BCUT2D eigenvalue weighted by atomic mass is 10.1. The fourth-order valence-electron chi connectivity index (χ4n) is 2.82. The zero-order valence-corrected chi connectivity index (χ0v) is 17.0. The van der Waals surface area contributed by atoms with Crippen LogP contribution in [-0.2, 0) is 7.05 Å². The van der Waals surface area contributed by atoms with E-state index in [1.165, 1.54) is 0 Å². The Balaban J connectivity index is 2.18. The smallest absolute Gasteiger partial charge is 0.242 e. The van der Waals surface area contributed by atoms with Crippen LogP contribution in [0, 0.1) is 6.92 Å². The van der Waals surface area contributed by atoms with E-state index in [9.17, 15) is 0 Å². The van der Waals surface area contributed by atoms with Crippen LogP contribution in [0.1, 0.15) is 17.0 Å². The maximum absolute atomic E-state index is 6.26. The van der Waals surface area contributed by atoms with Gasteiger partial charge >= 0.3 is 0 Å². The first-order valence-corrected chi connectivity index (χ1v) is 12.2. The van der Waals surface area contributed by atoms with Crippen molar-refractivity contribution in [2.45, 2.75) is 26.6 Å².